The molecule has 3 aromatic rings. The Labute approximate surface area is 201 Å². The molecule has 3 N–H and O–H groups in total. The molecular formula is C25H25ClN2O4S. The van der Waals surface area contributed by atoms with Crippen molar-refractivity contribution >= 4 is 51.3 Å². The van der Waals surface area contributed by atoms with Crippen LogP contribution in [0.25, 0.3) is 10.9 Å². The molecule has 1 aliphatic rings. The number of rotatable bonds is 8. The summed E-state index contributed by atoms with van der Waals surface area (Å²) < 4.78 is 0. The molecule has 6 nitrogen and oxygen atoms in total. The molecule has 1 aliphatic carbocycles. The number of carbonyl (C=O) groups is 3. The lowest BCUT2D eigenvalue weighted by Crippen LogP contribution is -2.46. The van der Waals surface area contributed by atoms with Crippen molar-refractivity contribution in [3.63, 3.8) is 0 Å². The van der Waals surface area contributed by atoms with Crippen LogP contribution in [0.15, 0.2) is 48.7 Å². The van der Waals surface area contributed by atoms with Gasteiger partial charge >= 0.3 is 5.97 Å². The quantitative estimate of drug-likeness (QED) is 0.435. The zero-order chi connectivity index (χ0) is 23.5. The number of benzene rings is 2. The SMILES string of the molecule is CC(=O)SCC(C(=O)NC(Cc1c[nH]c2ccccc12)C(=O)O)C1CCc2cc(Cl)ccc21. The van der Waals surface area contributed by atoms with Gasteiger partial charge in [-0.1, -0.05) is 47.6 Å². The molecule has 0 saturated carbocycles. The van der Waals surface area contributed by atoms with E-state index >= 15 is 0 Å². The van der Waals surface area contributed by atoms with E-state index in [0.29, 0.717) is 10.8 Å². The highest BCUT2D eigenvalue weighted by Crippen LogP contribution is 2.41. The second-order valence-corrected chi connectivity index (χ2v) is 9.99. The second-order valence-electron chi connectivity index (χ2n) is 8.36. The molecule has 2 aromatic carbocycles. The number of halogens is 1. The molecule has 8 heteroatoms. The molecule has 3 atom stereocenters. The highest BCUT2D eigenvalue weighted by Gasteiger charge is 2.36. The summed E-state index contributed by atoms with van der Waals surface area (Å²) in [5, 5.41) is 14.1. The van der Waals surface area contributed by atoms with Crippen LogP contribution < -0.4 is 5.32 Å². The predicted molar refractivity (Wildman–Crippen MR) is 131 cm³/mol. The molecule has 1 heterocycles. The van der Waals surface area contributed by atoms with Crippen molar-refractivity contribution in [2.45, 2.75) is 38.1 Å². The molecule has 33 heavy (non-hydrogen) atoms. The molecule has 1 aromatic heterocycles. The van der Waals surface area contributed by atoms with Crippen molar-refractivity contribution in [3.8, 4) is 0 Å². The Bertz CT molecular complexity index is 1210. The van der Waals surface area contributed by atoms with Crippen LogP contribution in [0.2, 0.25) is 5.02 Å². The van der Waals surface area contributed by atoms with Crippen LogP contribution in [0, 0.1) is 5.92 Å². The van der Waals surface area contributed by atoms with Crippen LogP contribution in [0.3, 0.4) is 0 Å². The van der Waals surface area contributed by atoms with Gasteiger partial charge in [0, 0.05) is 41.2 Å². The summed E-state index contributed by atoms with van der Waals surface area (Å²) in [7, 11) is 0. The summed E-state index contributed by atoms with van der Waals surface area (Å²) in [6.45, 7) is 1.47. The van der Waals surface area contributed by atoms with Crippen molar-refractivity contribution in [2.24, 2.45) is 5.92 Å². The van der Waals surface area contributed by atoms with Gasteiger partial charge in [0.2, 0.25) is 5.91 Å². The number of para-hydroxylation sites is 1. The summed E-state index contributed by atoms with van der Waals surface area (Å²) >= 11 is 7.23. The van der Waals surface area contributed by atoms with Gasteiger partial charge < -0.3 is 15.4 Å². The number of thioether (sulfide) groups is 1. The first-order valence-corrected chi connectivity index (χ1v) is 12.2. The fourth-order valence-corrected chi connectivity index (χ4v) is 5.61. The van der Waals surface area contributed by atoms with Crippen LogP contribution in [0.1, 0.15) is 36.0 Å². The average molecular weight is 485 g/mol. The molecule has 3 unspecified atom stereocenters. The van der Waals surface area contributed by atoms with E-state index in [1.807, 2.05) is 42.5 Å². The Morgan fingerprint density at radius 3 is 2.79 bits per heavy atom. The topological polar surface area (TPSA) is 99.3 Å². The largest absolute Gasteiger partial charge is 0.480 e. The molecule has 0 fully saturated rings. The van der Waals surface area contributed by atoms with Gasteiger partial charge in [0.05, 0.1) is 5.92 Å². The van der Waals surface area contributed by atoms with Crippen LogP contribution in [0.4, 0.5) is 0 Å². The fraction of sp³-hybridized carbons (Fsp3) is 0.320. The third-order valence-electron chi connectivity index (χ3n) is 6.23. The fourth-order valence-electron chi connectivity index (χ4n) is 4.62. The Morgan fingerprint density at radius 2 is 2.03 bits per heavy atom. The molecular weight excluding hydrogens is 460 g/mol. The van der Waals surface area contributed by atoms with Gasteiger partial charge in [-0.2, -0.15) is 0 Å². The maximum atomic E-state index is 13.4. The lowest BCUT2D eigenvalue weighted by Gasteiger charge is -2.25. The number of hydrogen-bond acceptors (Lipinski definition) is 4. The monoisotopic (exact) mass is 484 g/mol. The minimum Gasteiger partial charge on any atom is -0.480 e. The maximum absolute atomic E-state index is 13.4. The molecule has 0 aliphatic heterocycles. The zero-order valence-corrected chi connectivity index (χ0v) is 19.7. The normalized spacial score (nSPS) is 16.8. The van der Waals surface area contributed by atoms with Gasteiger partial charge in [-0.25, -0.2) is 4.79 Å². The van der Waals surface area contributed by atoms with Gasteiger partial charge in [-0.05, 0) is 53.6 Å². The number of nitrogens with one attached hydrogen (secondary N) is 2. The molecule has 4 rings (SSSR count). The number of carbonyl (C=O) groups excluding carboxylic acids is 2. The van der Waals surface area contributed by atoms with Crippen LogP contribution in [0.5, 0.6) is 0 Å². The number of amides is 1. The van der Waals surface area contributed by atoms with Gasteiger partial charge in [0.1, 0.15) is 6.04 Å². The van der Waals surface area contributed by atoms with Crippen molar-refractivity contribution in [1.82, 2.24) is 10.3 Å². The molecule has 0 radical (unpaired) electrons. The Hall–Kier alpha value is -2.77. The minimum atomic E-state index is -1.09. The van der Waals surface area contributed by atoms with Gasteiger partial charge in [-0.3, -0.25) is 9.59 Å². The highest BCUT2D eigenvalue weighted by molar-refractivity contribution is 8.13. The second kappa shape index (κ2) is 10.0. The van der Waals surface area contributed by atoms with Gasteiger partial charge in [-0.15, -0.1) is 0 Å². The third kappa shape index (κ3) is 5.25. The minimum absolute atomic E-state index is 0.0734. The molecule has 0 spiro atoms. The Morgan fingerprint density at radius 1 is 1.24 bits per heavy atom. The number of hydrogen-bond donors (Lipinski definition) is 3. The summed E-state index contributed by atoms with van der Waals surface area (Å²) in [5.74, 6) is -1.75. The lowest BCUT2D eigenvalue weighted by atomic mass is 9.87. The lowest BCUT2D eigenvalue weighted by molar-refractivity contribution is -0.142. The van der Waals surface area contributed by atoms with E-state index in [-0.39, 0.29) is 23.4 Å². The smallest absolute Gasteiger partial charge is 0.326 e. The van der Waals surface area contributed by atoms with E-state index < -0.39 is 17.9 Å². The van der Waals surface area contributed by atoms with E-state index in [0.717, 1.165) is 52.2 Å². The standard InChI is InChI=1S/C25H25ClN2O4S/c1-14(29)33-13-21(20-8-6-15-10-17(26)7-9-18(15)20)24(30)28-23(25(31)32)11-16-12-27-22-5-3-2-4-19(16)22/h2-5,7,9-10,12,20-21,23,27H,6,8,11,13H2,1H3,(H,28,30)(H,31,32). The first kappa shape index (κ1) is 23.4. The van der Waals surface area contributed by atoms with E-state index in [2.05, 4.69) is 10.3 Å². The highest BCUT2D eigenvalue weighted by atomic mass is 35.5. The third-order valence-corrected chi connectivity index (χ3v) is 7.40. The number of aromatic amines is 1. The number of aromatic nitrogens is 1. The van der Waals surface area contributed by atoms with E-state index in [9.17, 15) is 19.5 Å². The van der Waals surface area contributed by atoms with Crippen molar-refractivity contribution < 1.29 is 19.5 Å². The Kier molecular flexibility index (Phi) is 7.10. The first-order chi connectivity index (χ1) is 15.8. The molecule has 172 valence electrons. The number of aryl methyl sites for hydroxylation is 1. The average Bonchev–Trinajstić information content (AvgIpc) is 3.37. The zero-order valence-electron chi connectivity index (χ0n) is 18.1. The Balaban J connectivity index is 1.56. The number of carboxylic acids is 1. The van der Waals surface area contributed by atoms with E-state index in [1.165, 1.54) is 6.92 Å². The molecule has 1 amide bonds. The number of H-pyrrole nitrogens is 1. The van der Waals surface area contributed by atoms with Crippen LogP contribution in [-0.4, -0.2) is 38.9 Å². The van der Waals surface area contributed by atoms with Crippen LogP contribution >= 0.6 is 23.4 Å². The number of fused-ring (bicyclic) bond motifs is 2. The summed E-state index contributed by atoms with van der Waals surface area (Å²) in [6.07, 6.45) is 3.50. The van der Waals surface area contributed by atoms with E-state index in [1.54, 1.807) is 6.20 Å². The maximum Gasteiger partial charge on any atom is 0.326 e. The summed E-state index contributed by atoms with van der Waals surface area (Å²) in [4.78, 5) is 40.2. The molecule has 0 bridgehead atoms. The summed E-state index contributed by atoms with van der Waals surface area (Å²) in [5.41, 5.74) is 3.90. The van der Waals surface area contributed by atoms with Crippen molar-refractivity contribution in [3.05, 3.63) is 70.4 Å². The van der Waals surface area contributed by atoms with Crippen molar-refractivity contribution in [2.75, 3.05) is 5.75 Å². The van der Waals surface area contributed by atoms with Crippen LogP contribution in [-0.2, 0) is 27.2 Å². The summed E-state index contributed by atoms with van der Waals surface area (Å²) in [6, 6.07) is 12.2. The molecule has 0 saturated heterocycles. The number of aliphatic carboxylic acids is 1. The van der Waals surface area contributed by atoms with Gasteiger partial charge in [0.15, 0.2) is 5.12 Å². The number of carboxylic acid groups (broad SMARTS) is 1. The predicted octanol–water partition coefficient (Wildman–Crippen LogP) is 4.56. The van der Waals surface area contributed by atoms with Gasteiger partial charge in [0.25, 0.3) is 0 Å². The van der Waals surface area contributed by atoms with E-state index in [4.69, 9.17) is 11.6 Å². The van der Waals surface area contributed by atoms with Crippen molar-refractivity contribution in [1.29, 1.82) is 0 Å². The first-order valence-electron chi connectivity index (χ1n) is 10.8.